The van der Waals surface area contributed by atoms with E-state index in [1.165, 1.54) is 10.9 Å². The summed E-state index contributed by atoms with van der Waals surface area (Å²) in [5.41, 5.74) is 6.32. The van der Waals surface area contributed by atoms with Crippen LogP contribution in [-0.2, 0) is 14.2 Å². The molecule has 0 aliphatic carbocycles. The molecule has 0 radical (unpaired) electrons. The van der Waals surface area contributed by atoms with Crippen LogP contribution in [0.15, 0.2) is 6.33 Å². The van der Waals surface area contributed by atoms with Crippen LogP contribution in [-0.4, -0.2) is 69.4 Å². The average Bonchev–Trinajstić information content (AvgIpc) is 3.27. The number of halogens is 2. The largest absolute Gasteiger partial charge is 0.457 e. The van der Waals surface area contributed by atoms with Crippen LogP contribution in [0.4, 0.5) is 14.6 Å². The Bertz CT molecular complexity index is 775. The molecule has 136 valence electrons. The zero-order chi connectivity index (χ0) is 17.6. The van der Waals surface area contributed by atoms with Crippen LogP contribution in [0.5, 0.6) is 6.01 Å². The first kappa shape index (κ1) is 16.3. The van der Waals surface area contributed by atoms with Gasteiger partial charge in [0, 0.05) is 0 Å². The second-order valence-electron chi connectivity index (χ2n) is 5.55. The monoisotopic (exact) mass is 359 g/mol. The Balaban J connectivity index is 1.70. The number of hydrogen-bond donors (Lipinski definition) is 2. The van der Waals surface area contributed by atoms with Gasteiger partial charge >= 0.3 is 6.01 Å². The fraction of sp³-hybridized carbons (Fsp3) is 0.615. The molecule has 4 atom stereocenters. The Labute approximate surface area is 139 Å². The molecule has 2 aromatic heterocycles. The minimum absolute atomic E-state index is 0.00939. The molecule has 2 fully saturated rings. The fourth-order valence-corrected chi connectivity index (χ4v) is 2.96. The van der Waals surface area contributed by atoms with Crippen molar-refractivity contribution < 1.29 is 32.8 Å². The first-order valence-electron chi connectivity index (χ1n) is 7.49. The number of anilines is 1. The predicted octanol–water partition coefficient (Wildman–Crippen LogP) is -0.316. The molecular formula is C13H15F2N5O5. The number of aliphatic hydroxyl groups excluding tert-OH is 1. The van der Waals surface area contributed by atoms with Crippen molar-refractivity contribution in [1.29, 1.82) is 0 Å². The summed E-state index contributed by atoms with van der Waals surface area (Å²) < 4.78 is 47.7. The van der Waals surface area contributed by atoms with Crippen LogP contribution in [0.3, 0.4) is 0 Å². The quantitative estimate of drug-likeness (QED) is 0.738. The molecule has 25 heavy (non-hydrogen) atoms. The van der Waals surface area contributed by atoms with E-state index < -0.39 is 37.6 Å². The Morgan fingerprint density at radius 1 is 1.36 bits per heavy atom. The zero-order valence-electron chi connectivity index (χ0n) is 12.8. The highest BCUT2D eigenvalue weighted by molar-refractivity contribution is 5.82. The van der Waals surface area contributed by atoms with Crippen LogP contribution in [0, 0.1) is 0 Å². The van der Waals surface area contributed by atoms with Crippen molar-refractivity contribution in [2.75, 3.05) is 25.7 Å². The lowest BCUT2D eigenvalue weighted by Crippen LogP contribution is -2.30. The van der Waals surface area contributed by atoms with Gasteiger partial charge < -0.3 is 29.8 Å². The van der Waals surface area contributed by atoms with E-state index in [9.17, 15) is 13.9 Å². The highest BCUT2D eigenvalue weighted by Crippen LogP contribution is 2.38. The van der Waals surface area contributed by atoms with E-state index in [1.807, 2.05) is 0 Å². The van der Waals surface area contributed by atoms with Gasteiger partial charge in [-0.25, -0.2) is 13.8 Å². The summed E-state index contributed by atoms with van der Waals surface area (Å²) in [7, 11) is 0. The van der Waals surface area contributed by atoms with Gasteiger partial charge in [0.05, 0.1) is 12.9 Å². The molecule has 2 aliphatic heterocycles. The number of aliphatic hydroxyl groups is 1. The molecular weight excluding hydrogens is 344 g/mol. The first-order chi connectivity index (χ1) is 12.1. The Morgan fingerprint density at radius 3 is 2.92 bits per heavy atom. The second kappa shape index (κ2) is 6.29. The minimum atomic E-state index is -2.67. The SMILES string of the molecule is Nc1nc(OCC(F)F)nc2c1ncn2[C@@H]1O[C@H](CO)[C@H]2OCO[C@H]21. The number of nitrogens with two attached hydrogens (primary N) is 1. The normalized spacial score (nSPS) is 28.8. The van der Waals surface area contributed by atoms with E-state index in [0.29, 0.717) is 0 Å². The summed E-state index contributed by atoms with van der Waals surface area (Å²) in [6.07, 6.45) is -3.39. The summed E-state index contributed by atoms with van der Waals surface area (Å²) in [6, 6.07) is -0.288. The van der Waals surface area contributed by atoms with E-state index in [2.05, 4.69) is 15.0 Å². The van der Waals surface area contributed by atoms with E-state index in [-0.39, 0.29) is 36.4 Å². The lowest BCUT2D eigenvalue weighted by Gasteiger charge is -2.18. The van der Waals surface area contributed by atoms with E-state index in [4.69, 9.17) is 24.7 Å². The van der Waals surface area contributed by atoms with E-state index in [1.54, 1.807) is 0 Å². The lowest BCUT2D eigenvalue weighted by atomic mass is 10.1. The van der Waals surface area contributed by atoms with Gasteiger partial charge in [-0.2, -0.15) is 9.97 Å². The lowest BCUT2D eigenvalue weighted by molar-refractivity contribution is -0.108. The molecule has 0 unspecified atom stereocenters. The number of hydrogen-bond acceptors (Lipinski definition) is 9. The molecule has 3 N–H and O–H groups in total. The molecule has 0 saturated carbocycles. The minimum Gasteiger partial charge on any atom is -0.457 e. The summed E-state index contributed by atoms with van der Waals surface area (Å²) in [5, 5.41) is 9.43. The summed E-state index contributed by atoms with van der Waals surface area (Å²) in [5.74, 6) is -0.00939. The standard InChI is InChI=1S/C13H15F2N5O5/c14-6(15)2-22-13-18-10(16)7-11(19-13)20(3-17-7)12-9-8(23-4-24-9)5(1-21)25-12/h3,5-6,8-9,12,21H,1-2,4H2,(H2,16,18,19)/t5-,8-,9-,12-/m1/s1. The smallest absolute Gasteiger partial charge is 0.320 e. The Hall–Kier alpha value is -2.15. The third-order valence-electron chi connectivity index (χ3n) is 4.03. The van der Waals surface area contributed by atoms with Gasteiger partial charge in [0.1, 0.15) is 25.1 Å². The molecule has 0 amide bonds. The molecule has 0 aromatic carbocycles. The van der Waals surface area contributed by atoms with Crippen molar-refractivity contribution in [3.05, 3.63) is 6.33 Å². The molecule has 2 saturated heterocycles. The molecule has 0 bridgehead atoms. The van der Waals surface area contributed by atoms with Crippen LogP contribution < -0.4 is 10.5 Å². The van der Waals surface area contributed by atoms with E-state index in [0.717, 1.165) is 0 Å². The molecule has 0 spiro atoms. The number of nitrogens with zero attached hydrogens (tertiary/aromatic N) is 4. The van der Waals surface area contributed by atoms with Crippen LogP contribution in [0.1, 0.15) is 6.23 Å². The number of imidazole rings is 1. The number of rotatable bonds is 5. The van der Waals surface area contributed by atoms with Crippen molar-refractivity contribution >= 4 is 17.0 Å². The van der Waals surface area contributed by atoms with Gasteiger partial charge in [0.25, 0.3) is 6.43 Å². The van der Waals surface area contributed by atoms with Crippen molar-refractivity contribution in [3.63, 3.8) is 0 Å². The van der Waals surface area contributed by atoms with Gasteiger partial charge in [-0.3, -0.25) is 4.57 Å². The molecule has 2 aromatic rings. The van der Waals surface area contributed by atoms with Crippen molar-refractivity contribution in [2.45, 2.75) is 31.0 Å². The maximum Gasteiger partial charge on any atom is 0.320 e. The van der Waals surface area contributed by atoms with Crippen molar-refractivity contribution in [1.82, 2.24) is 19.5 Å². The maximum atomic E-state index is 12.3. The molecule has 10 nitrogen and oxygen atoms in total. The van der Waals surface area contributed by atoms with Crippen molar-refractivity contribution in [2.24, 2.45) is 0 Å². The van der Waals surface area contributed by atoms with Crippen molar-refractivity contribution in [3.8, 4) is 6.01 Å². The zero-order valence-corrected chi connectivity index (χ0v) is 12.8. The third-order valence-corrected chi connectivity index (χ3v) is 4.03. The fourth-order valence-electron chi connectivity index (χ4n) is 2.96. The highest BCUT2D eigenvalue weighted by atomic mass is 19.3. The average molecular weight is 359 g/mol. The topological polar surface area (TPSA) is 127 Å². The number of fused-ring (bicyclic) bond motifs is 2. The number of aromatic nitrogens is 4. The van der Waals surface area contributed by atoms with Crippen LogP contribution >= 0.6 is 0 Å². The Morgan fingerprint density at radius 2 is 2.16 bits per heavy atom. The van der Waals surface area contributed by atoms with E-state index >= 15 is 0 Å². The van der Waals surface area contributed by atoms with Crippen LogP contribution in [0.2, 0.25) is 0 Å². The van der Waals surface area contributed by atoms with Gasteiger partial charge in [0.2, 0.25) is 0 Å². The van der Waals surface area contributed by atoms with Gasteiger partial charge in [-0.1, -0.05) is 0 Å². The summed E-state index contributed by atoms with van der Waals surface area (Å²) in [6.45, 7) is -1.01. The second-order valence-corrected chi connectivity index (χ2v) is 5.55. The Kier molecular flexibility index (Phi) is 4.11. The van der Waals surface area contributed by atoms with Gasteiger partial charge in [0.15, 0.2) is 29.8 Å². The van der Waals surface area contributed by atoms with Gasteiger partial charge in [-0.05, 0) is 0 Å². The number of ether oxygens (including phenoxy) is 4. The number of alkyl halides is 2. The third kappa shape index (κ3) is 2.76. The maximum absolute atomic E-state index is 12.3. The molecule has 4 rings (SSSR count). The highest BCUT2D eigenvalue weighted by Gasteiger charge is 2.50. The molecule has 12 heteroatoms. The van der Waals surface area contributed by atoms with Crippen LogP contribution in [0.25, 0.3) is 11.2 Å². The van der Waals surface area contributed by atoms with Gasteiger partial charge in [-0.15, -0.1) is 0 Å². The summed E-state index contributed by atoms with van der Waals surface area (Å²) in [4.78, 5) is 12.0. The molecule has 2 aliphatic rings. The molecule has 4 heterocycles. The number of nitrogen functional groups attached to an aromatic ring is 1. The summed E-state index contributed by atoms with van der Waals surface area (Å²) >= 11 is 0. The predicted molar refractivity (Wildman–Crippen MR) is 76.8 cm³/mol. The first-order valence-corrected chi connectivity index (χ1v) is 7.49.